The van der Waals surface area contributed by atoms with Crippen LogP contribution in [-0.4, -0.2) is 20.5 Å². The Kier molecular flexibility index (Phi) is 4.25. The second kappa shape index (κ2) is 6.85. The van der Waals surface area contributed by atoms with Crippen LogP contribution in [0.2, 0.25) is 5.02 Å². The van der Waals surface area contributed by atoms with Crippen LogP contribution in [0.25, 0.3) is 5.65 Å². The second-order valence-corrected chi connectivity index (χ2v) is 5.93. The molecule has 128 valence electrons. The quantitative estimate of drug-likeness (QED) is 0.581. The molecule has 4 aromatic rings. The molecule has 0 bridgehead atoms. The molecule has 26 heavy (non-hydrogen) atoms. The number of halogens is 1. The third-order valence-corrected chi connectivity index (χ3v) is 4.04. The molecular weight excluding hydrogens is 352 g/mol. The number of hydrogen-bond acceptors (Lipinski definition) is 4. The number of nitrogens with zero attached hydrogens (tertiary/aromatic N) is 3. The fourth-order valence-electron chi connectivity index (χ4n) is 2.43. The van der Waals surface area contributed by atoms with Gasteiger partial charge in [0, 0.05) is 11.9 Å². The molecule has 0 unspecified atom stereocenters. The van der Waals surface area contributed by atoms with Gasteiger partial charge in [-0.2, -0.15) is 0 Å². The molecule has 2 aromatic heterocycles. The zero-order valence-corrected chi connectivity index (χ0v) is 14.2. The van der Waals surface area contributed by atoms with Gasteiger partial charge in [0.2, 0.25) is 0 Å². The van der Waals surface area contributed by atoms with E-state index in [0.717, 1.165) is 0 Å². The molecule has 0 saturated heterocycles. The smallest absolute Gasteiger partial charge is 0.257 e. The lowest BCUT2D eigenvalue weighted by molar-refractivity contribution is 0.102. The van der Waals surface area contributed by atoms with E-state index in [4.69, 9.17) is 16.3 Å². The van der Waals surface area contributed by atoms with Crippen molar-refractivity contribution in [2.24, 2.45) is 0 Å². The number of carbonyl (C=O) groups is 1. The average molecular weight is 365 g/mol. The maximum Gasteiger partial charge on any atom is 0.257 e. The minimum atomic E-state index is -0.222. The van der Waals surface area contributed by atoms with E-state index in [2.05, 4.69) is 15.5 Å². The van der Waals surface area contributed by atoms with Crippen LogP contribution in [-0.2, 0) is 0 Å². The largest absolute Gasteiger partial charge is 0.456 e. The molecule has 0 aliphatic heterocycles. The molecule has 0 spiro atoms. The van der Waals surface area contributed by atoms with E-state index < -0.39 is 0 Å². The van der Waals surface area contributed by atoms with Crippen molar-refractivity contribution >= 4 is 28.8 Å². The Hall–Kier alpha value is -3.38. The first kappa shape index (κ1) is 16.1. The molecule has 2 aromatic carbocycles. The number of nitrogens with one attached hydrogen (secondary N) is 1. The van der Waals surface area contributed by atoms with Crippen molar-refractivity contribution < 1.29 is 9.53 Å². The summed E-state index contributed by atoms with van der Waals surface area (Å²) in [6, 6.07) is 17.7. The second-order valence-electron chi connectivity index (χ2n) is 5.53. The maximum atomic E-state index is 12.4. The third kappa shape index (κ3) is 3.36. The Morgan fingerprint density at radius 1 is 1.04 bits per heavy atom. The molecule has 0 saturated carbocycles. The highest BCUT2D eigenvalue weighted by molar-refractivity contribution is 6.32. The highest BCUT2D eigenvalue weighted by Crippen LogP contribution is 2.29. The topological polar surface area (TPSA) is 68.5 Å². The van der Waals surface area contributed by atoms with Gasteiger partial charge in [-0.05, 0) is 48.5 Å². The van der Waals surface area contributed by atoms with Crippen molar-refractivity contribution in [2.75, 3.05) is 5.32 Å². The Morgan fingerprint density at radius 3 is 2.65 bits per heavy atom. The summed E-state index contributed by atoms with van der Waals surface area (Å²) in [6.07, 6.45) is 3.23. The normalized spacial score (nSPS) is 10.7. The van der Waals surface area contributed by atoms with Crippen LogP contribution >= 0.6 is 11.6 Å². The molecule has 1 amide bonds. The van der Waals surface area contributed by atoms with E-state index in [1.807, 2.05) is 12.1 Å². The van der Waals surface area contributed by atoms with Gasteiger partial charge in [0.05, 0.1) is 10.6 Å². The summed E-state index contributed by atoms with van der Waals surface area (Å²) in [5.74, 6) is 0.982. The number of anilines is 1. The van der Waals surface area contributed by atoms with E-state index in [1.54, 1.807) is 65.5 Å². The summed E-state index contributed by atoms with van der Waals surface area (Å²) in [6.45, 7) is 0. The number of para-hydroxylation sites is 1. The minimum absolute atomic E-state index is 0.222. The number of ether oxygens (including phenoxy) is 1. The van der Waals surface area contributed by atoms with Gasteiger partial charge in [0.25, 0.3) is 5.91 Å². The Bertz CT molecular complexity index is 1080. The van der Waals surface area contributed by atoms with Crippen LogP contribution in [0, 0.1) is 0 Å². The highest BCUT2D eigenvalue weighted by atomic mass is 35.5. The minimum Gasteiger partial charge on any atom is -0.456 e. The van der Waals surface area contributed by atoms with Gasteiger partial charge < -0.3 is 10.1 Å². The first-order valence-corrected chi connectivity index (χ1v) is 8.20. The Labute approximate surface area is 154 Å². The number of aromatic nitrogens is 3. The predicted molar refractivity (Wildman–Crippen MR) is 98.9 cm³/mol. The maximum absolute atomic E-state index is 12.4. The molecular formula is C19H13ClN4O2. The summed E-state index contributed by atoms with van der Waals surface area (Å²) < 4.78 is 7.42. The van der Waals surface area contributed by atoms with Crippen LogP contribution in [0.15, 0.2) is 73.2 Å². The van der Waals surface area contributed by atoms with Gasteiger partial charge in [-0.1, -0.05) is 23.7 Å². The molecule has 0 aliphatic carbocycles. The van der Waals surface area contributed by atoms with E-state index in [1.165, 1.54) is 0 Å². The van der Waals surface area contributed by atoms with Crippen molar-refractivity contribution in [3.8, 4) is 11.5 Å². The van der Waals surface area contributed by atoms with Crippen molar-refractivity contribution in [1.29, 1.82) is 0 Å². The molecule has 0 radical (unpaired) electrons. The molecule has 2 heterocycles. The molecule has 0 atom stereocenters. The van der Waals surface area contributed by atoms with Crippen LogP contribution in [0.4, 0.5) is 5.69 Å². The van der Waals surface area contributed by atoms with E-state index in [-0.39, 0.29) is 5.91 Å². The summed E-state index contributed by atoms with van der Waals surface area (Å²) in [4.78, 5) is 12.4. The van der Waals surface area contributed by atoms with Gasteiger partial charge >= 0.3 is 0 Å². The molecule has 0 aliphatic rings. The predicted octanol–water partition coefficient (Wildman–Crippen LogP) is 4.43. The number of rotatable bonds is 4. The molecule has 1 N–H and O–H groups in total. The van der Waals surface area contributed by atoms with Crippen LogP contribution < -0.4 is 10.1 Å². The summed E-state index contributed by atoms with van der Waals surface area (Å²) in [5.41, 5.74) is 1.85. The van der Waals surface area contributed by atoms with Crippen molar-refractivity contribution in [3.63, 3.8) is 0 Å². The van der Waals surface area contributed by atoms with E-state index in [0.29, 0.717) is 33.4 Å². The average Bonchev–Trinajstić information content (AvgIpc) is 3.13. The Morgan fingerprint density at radius 2 is 1.85 bits per heavy atom. The zero-order valence-electron chi connectivity index (χ0n) is 13.5. The van der Waals surface area contributed by atoms with Crippen LogP contribution in [0.5, 0.6) is 11.5 Å². The lowest BCUT2D eigenvalue weighted by Crippen LogP contribution is -2.12. The Balaban J connectivity index is 1.46. The fraction of sp³-hybridized carbons (Fsp3) is 0. The summed E-state index contributed by atoms with van der Waals surface area (Å²) in [7, 11) is 0. The van der Waals surface area contributed by atoms with Gasteiger partial charge in [0.1, 0.15) is 17.8 Å². The van der Waals surface area contributed by atoms with Crippen LogP contribution in [0.1, 0.15) is 10.4 Å². The number of fused-ring (bicyclic) bond motifs is 1. The van der Waals surface area contributed by atoms with Crippen LogP contribution in [0.3, 0.4) is 0 Å². The lowest BCUT2D eigenvalue weighted by Gasteiger charge is -2.09. The molecule has 6 nitrogen and oxygen atoms in total. The van der Waals surface area contributed by atoms with Crippen molar-refractivity contribution in [2.45, 2.75) is 0 Å². The third-order valence-electron chi connectivity index (χ3n) is 3.73. The number of pyridine rings is 1. The van der Waals surface area contributed by atoms with Crippen molar-refractivity contribution in [1.82, 2.24) is 14.6 Å². The fourth-order valence-corrected chi connectivity index (χ4v) is 2.60. The number of amides is 1. The van der Waals surface area contributed by atoms with Gasteiger partial charge in [0.15, 0.2) is 5.65 Å². The van der Waals surface area contributed by atoms with E-state index in [9.17, 15) is 4.79 Å². The summed E-state index contributed by atoms with van der Waals surface area (Å²) in [5, 5.41) is 11.1. The SMILES string of the molecule is O=C(Nc1ccc(Oc2ccccc2Cl)cc1)c1ccc2nncn2c1. The van der Waals surface area contributed by atoms with E-state index >= 15 is 0 Å². The zero-order chi connectivity index (χ0) is 17.9. The lowest BCUT2D eigenvalue weighted by atomic mass is 10.2. The van der Waals surface area contributed by atoms with Gasteiger partial charge in [-0.3, -0.25) is 9.20 Å². The van der Waals surface area contributed by atoms with Gasteiger partial charge in [-0.15, -0.1) is 10.2 Å². The summed E-state index contributed by atoms with van der Waals surface area (Å²) >= 11 is 6.08. The molecule has 7 heteroatoms. The number of benzene rings is 2. The first-order chi connectivity index (χ1) is 12.7. The monoisotopic (exact) mass is 364 g/mol. The number of hydrogen-bond donors (Lipinski definition) is 1. The molecule has 0 fully saturated rings. The first-order valence-electron chi connectivity index (χ1n) is 7.82. The van der Waals surface area contributed by atoms with Crippen molar-refractivity contribution in [3.05, 3.63) is 83.8 Å². The van der Waals surface area contributed by atoms with Gasteiger partial charge in [-0.25, -0.2) is 0 Å². The highest BCUT2D eigenvalue weighted by Gasteiger charge is 2.08. The molecule has 4 rings (SSSR count). The standard InChI is InChI=1S/C19H13ClN4O2/c20-16-3-1-2-4-17(16)26-15-8-6-14(7-9-15)22-19(25)13-5-10-18-23-21-12-24(18)11-13/h1-12H,(H,22,25). The number of carbonyl (C=O) groups excluding carboxylic acids is 1.